The Morgan fingerprint density at radius 3 is 3.08 bits per heavy atom. The number of nitrogens with zero attached hydrogens (tertiary/aromatic N) is 3. The van der Waals surface area contributed by atoms with E-state index in [1.165, 1.54) is 4.88 Å². The summed E-state index contributed by atoms with van der Waals surface area (Å²) >= 11 is 7.76. The SMILES string of the molecule is Cc1cnc(CCN(C)C(=O)CN2CCOc3ccc(Cl)cc32)s1. The lowest BCUT2D eigenvalue weighted by Gasteiger charge is -2.32. The van der Waals surface area contributed by atoms with Gasteiger partial charge in [-0.25, -0.2) is 4.98 Å². The van der Waals surface area contributed by atoms with Gasteiger partial charge in [0.2, 0.25) is 5.91 Å². The van der Waals surface area contributed by atoms with Crippen LogP contribution in [0.5, 0.6) is 5.75 Å². The third-order valence-electron chi connectivity index (χ3n) is 3.96. The molecule has 2 heterocycles. The lowest BCUT2D eigenvalue weighted by Crippen LogP contribution is -2.42. The summed E-state index contributed by atoms with van der Waals surface area (Å²) in [6, 6.07) is 5.50. The third kappa shape index (κ3) is 3.99. The highest BCUT2D eigenvalue weighted by molar-refractivity contribution is 7.11. The van der Waals surface area contributed by atoms with Crippen molar-refractivity contribution in [2.45, 2.75) is 13.3 Å². The van der Waals surface area contributed by atoms with Crippen LogP contribution in [0.2, 0.25) is 5.02 Å². The Morgan fingerprint density at radius 1 is 1.50 bits per heavy atom. The first-order valence-corrected chi connectivity index (χ1v) is 9.05. The molecule has 0 fully saturated rings. The fourth-order valence-electron chi connectivity index (χ4n) is 2.60. The summed E-state index contributed by atoms with van der Waals surface area (Å²) in [7, 11) is 1.84. The normalized spacial score (nSPS) is 13.4. The Kier molecular flexibility index (Phi) is 5.26. The molecule has 0 radical (unpaired) electrons. The molecule has 3 rings (SSSR count). The van der Waals surface area contributed by atoms with E-state index in [2.05, 4.69) is 4.98 Å². The minimum Gasteiger partial charge on any atom is -0.490 e. The molecule has 0 spiro atoms. The van der Waals surface area contributed by atoms with Gasteiger partial charge < -0.3 is 14.5 Å². The first-order chi connectivity index (χ1) is 11.5. The zero-order valence-electron chi connectivity index (χ0n) is 13.8. The van der Waals surface area contributed by atoms with Crippen molar-refractivity contribution in [3.05, 3.63) is 39.3 Å². The van der Waals surface area contributed by atoms with E-state index >= 15 is 0 Å². The standard InChI is InChI=1S/C17H20ClN3O2S/c1-12-10-19-16(24-12)5-6-20(2)17(22)11-21-7-8-23-15-4-3-13(18)9-14(15)21/h3-4,9-10H,5-8,11H2,1-2H3. The van der Waals surface area contributed by atoms with Crippen LogP contribution in [-0.2, 0) is 11.2 Å². The van der Waals surface area contributed by atoms with Crippen molar-refractivity contribution < 1.29 is 9.53 Å². The van der Waals surface area contributed by atoms with E-state index in [1.807, 2.05) is 37.2 Å². The summed E-state index contributed by atoms with van der Waals surface area (Å²) < 4.78 is 5.63. The fourth-order valence-corrected chi connectivity index (χ4v) is 3.54. The average molecular weight is 366 g/mol. The van der Waals surface area contributed by atoms with Crippen LogP contribution in [0.25, 0.3) is 0 Å². The van der Waals surface area contributed by atoms with Crippen LogP contribution in [-0.4, -0.2) is 49.1 Å². The molecule has 128 valence electrons. The lowest BCUT2D eigenvalue weighted by molar-refractivity contribution is -0.128. The molecule has 0 saturated carbocycles. The summed E-state index contributed by atoms with van der Waals surface area (Å²) in [4.78, 5) is 21.8. The molecule has 0 unspecified atom stereocenters. The summed E-state index contributed by atoms with van der Waals surface area (Å²) in [5.74, 6) is 0.857. The number of aryl methyl sites for hydroxylation is 1. The Labute approximate surface area is 150 Å². The minimum absolute atomic E-state index is 0.0797. The van der Waals surface area contributed by atoms with E-state index in [9.17, 15) is 4.79 Å². The number of anilines is 1. The number of rotatable bonds is 5. The number of thiazole rings is 1. The van der Waals surface area contributed by atoms with Gasteiger partial charge in [-0.2, -0.15) is 0 Å². The third-order valence-corrected chi connectivity index (χ3v) is 5.17. The zero-order chi connectivity index (χ0) is 17.1. The second-order valence-corrected chi connectivity index (χ2v) is 7.57. The lowest BCUT2D eigenvalue weighted by atomic mass is 10.2. The first kappa shape index (κ1) is 17.0. The van der Waals surface area contributed by atoms with E-state index in [4.69, 9.17) is 16.3 Å². The van der Waals surface area contributed by atoms with E-state index in [1.54, 1.807) is 22.3 Å². The summed E-state index contributed by atoms with van der Waals surface area (Å²) in [5, 5.41) is 1.71. The Bertz CT molecular complexity index is 734. The van der Waals surface area contributed by atoms with Gasteiger partial charge in [-0.15, -0.1) is 11.3 Å². The van der Waals surface area contributed by atoms with Gasteiger partial charge in [-0.1, -0.05) is 11.6 Å². The van der Waals surface area contributed by atoms with Gasteiger partial charge in [0.25, 0.3) is 0 Å². The van der Waals surface area contributed by atoms with Gasteiger partial charge in [-0.3, -0.25) is 4.79 Å². The van der Waals surface area contributed by atoms with E-state index in [0.717, 1.165) is 22.9 Å². The number of hydrogen-bond donors (Lipinski definition) is 0. The predicted molar refractivity (Wildman–Crippen MR) is 97.4 cm³/mol. The van der Waals surface area contributed by atoms with Crippen molar-refractivity contribution in [2.24, 2.45) is 0 Å². The summed E-state index contributed by atoms with van der Waals surface area (Å²) in [6.45, 7) is 4.28. The Morgan fingerprint density at radius 2 is 2.33 bits per heavy atom. The number of carbonyl (C=O) groups excluding carboxylic acids is 1. The van der Waals surface area contributed by atoms with Gasteiger partial charge in [0.1, 0.15) is 12.4 Å². The summed E-state index contributed by atoms with van der Waals surface area (Å²) in [6.07, 6.45) is 2.66. The highest BCUT2D eigenvalue weighted by atomic mass is 35.5. The molecule has 1 aromatic carbocycles. The number of ether oxygens (including phenoxy) is 1. The van der Waals surface area contributed by atoms with Crippen LogP contribution in [0, 0.1) is 6.92 Å². The van der Waals surface area contributed by atoms with Gasteiger partial charge in [0.15, 0.2) is 0 Å². The highest BCUT2D eigenvalue weighted by Crippen LogP contribution is 2.33. The van der Waals surface area contributed by atoms with Gasteiger partial charge in [0, 0.05) is 36.1 Å². The van der Waals surface area contributed by atoms with Gasteiger partial charge in [0.05, 0.1) is 23.8 Å². The molecule has 7 heteroatoms. The molecule has 1 amide bonds. The quantitative estimate of drug-likeness (QED) is 0.817. The van der Waals surface area contributed by atoms with E-state index in [0.29, 0.717) is 31.3 Å². The van der Waals surface area contributed by atoms with E-state index < -0.39 is 0 Å². The van der Waals surface area contributed by atoms with Crippen molar-refractivity contribution in [3.8, 4) is 5.75 Å². The molecule has 1 aliphatic heterocycles. The van der Waals surface area contributed by atoms with Crippen LogP contribution in [0.3, 0.4) is 0 Å². The predicted octanol–water partition coefficient (Wildman–Crippen LogP) is 3.00. The molecule has 0 saturated heterocycles. The van der Waals surface area contributed by atoms with Crippen LogP contribution < -0.4 is 9.64 Å². The van der Waals surface area contributed by atoms with Crippen LogP contribution in [0.4, 0.5) is 5.69 Å². The molecule has 1 aromatic heterocycles. The number of halogens is 1. The van der Waals surface area contributed by atoms with Crippen molar-refractivity contribution in [1.82, 2.24) is 9.88 Å². The molecule has 24 heavy (non-hydrogen) atoms. The number of fused-ring (bicyclic) bond motifs is 1. The molecular weight excluding hydrogens is 346 g/mol. The second kappa shape index (κ2) is 7.40. The number of amides is 1. The molecule has 2 aromatic rings. The average Bonchev–Trinajstić information content (AvgIpc) is 2.98. The van der Waals surface area contributed by atoms with Crippen molar-refractivity contribution in [3.63, 3.8) is 0 Å². The largest absolute Gasteiger partial charge is 0.490 e. The zero-order valence-corrected chi connectivity index (χ0v) is 15.4. The fraction of sp³-hybridized carbons (Fsp3) is 0.412. The Hall–Kier alpha value is -1.79. The van der Waals surface area contributed by atoms with Crippen LogP contribution in [0.1, 0.15) is 9.88 Å². The van der Waals surface area contributed by atoms with Gasteiger partial charge >= 0.3 is 0 Å². The molecular formula is C17H20ClN3O2S. The maximum atomic E-state index is 12.5. The second-order valence-electron chi connectivity index (χ2n) is 5.81. The molecule has 0 atom stereocenters. The maximum absolute atomic E-state index is 12.5. The first-order valence-electron chi connectivity index (χ1n) is 7.85. The van der Waals surface area contributed by atoms with E-state index in [-0.39, 0.29) is 5.91 Å². The molecule has 0 bridgehead atoms. The van der Waals surface area contributed by atoms with Crippen molar-refractivity contribution >= 4 is 34.5 Å². The topological polar surface area (TPSA) is 45.7 Å². The maximum Gasteiger partial charge on any atom is 0.241 e. The molecule has 1 aliphatic rings. The van der Waals surface area contributed by atoms with Crippen molar-refractivity contribution in [2.75, 3.05) is 38.2 Å². The van der Waals surface area contributed by atoms with Gasteiger partial charge in [-0.05, 0) is 25.1 Å². The van der Waals surface area contributed by atoms with Crippen LogP contribution in [0.15, 0.2) is 24.4 Å². The number of aromatic nitrogens is 1. The molecule has 5 nitrogen and oxygen atoms in total. The number of carbonyl (C=O) groups is 1. The number of benzene rings is 1. The number of likely N-dealkylation sites (N-methyl/N-ethyl adjacent to an activating group) is 1. The smallest absolute Gasteiger partial charge is 0.241 e. The monoisotopic (exact) mass is 365 g/mol. The van der Waals surface area contributed by atoms with Crippen LogP contribution >= 0.6 is 22.9 Å². The highest BCUT2D eigenvalue weighted by Gasteiger charge is 2.22. The summed E-state index contributed by atoms with van der Waals surface area (Å²) in [5.41, 5.74) is 0.881. The molecule has 0 N–H and O–H groups in total. The molecule has 0 aliphatic carbocycles. The minimum atomic E-state index is 0.0797. The van der Waals surface area contributed by atoms with Crippen molar-refractivity contribution in [1.29, 1.82) is 0 Å². The Balaban J connectivity index is 1.59. The number of hydrogen-bond acceptors (Lipinski definition) is 5.